The minimum atomic E-state index is -0.0255. The summed E-state index contributed by atoms with van der Waals surface area (Å²) in [7, 11) is 0. The van der Waals surface area contributed by atoms with Gasteiger partial charge in [0, 0.05) is 17.0 Å². The fourth-order valence-corrected chi connectivity index (χ4v) is 4.98. The van der Waals surface area contributed by atoms with Crippen molar-refractivity contribution in [1.29, 1.82) is 0 Å². The normalized spacial score (nSPS) is 18.7. The minimum Gasteiger partial charge on any atom is -0.507 e. The van der Waals surface area contributed by atoms with Crippen molar-refractivity contribution >= 4 is 0 Å². The summed E-state index contributed by atoms with van der Waals surface area (Å²) in [6.45, 7) is 17.1. The SMILES string of the molecule is C=C(C)C1CCC(C)=CC1c1c(O)cc(CCCCC)c(C/C=C(\C)CCC=C(C)C)c1O. The summed E-state index contributed by atoms with van der Waals surface area (Å²) < 4.78 is 0. The highest BCUT2D eigenvalue weighted by atomic mass is 16.3. The number of phenolic OH excluding ortho intramolecular Hbond substituents is 2. The van der Waals surface area contributed by atoms with E-state index in [-0.39, 0.29) is 23.3 Å². The van der Waals surface area contributed by atoms with E-state index < -0.39 is 0 Å². The third kappa shape index (κ3) is 7.66. The molecule has 0 fully saturated rings. The van der Waals surface area contributed by atoms with Gasteiger partial charge in [-0.15, -0.1) is 0 Å². The predicted octanol–water partition coefficient (Wildman–Crippen LogP) is 9.08. The Bertz CT molecular complexity index is 909. The van der Waals surface area contributed by atoms with E-state index in [9.17, 15) is 10.2 Å². The van der Waals surface area contributed by atoms with Crippen LogP contribution in [0.4, 0.5) is 0 Å². The van der Waals surface area contributed by atoms with Gasteiger partial charge >= 0.3 is 0 Å². The van der Waals surface area contributed by atoms with Crippen molar-refractivity contribution in [2.24, 2.45) is 5.92 Å². The number of aryl methyl sites for hydroxylation is 1. The number of unbranched alkanes of at least 4 members (excludes halogenated alkanes) is 2. The molecule has 0 heterocycles. The molecule has 0 bridgehead atoms. The van der Waals surface area contributed by atoms with Crippen LogP contribution in [0.25, 0.3) is 0 Å². The maximum atomic E-state index is 11.5. The zero-order valence-electron chi connectivity index (χ0n) is 21.9. The predicted molar refractivity (Wildman–Crippen MR) is 143 cm³/mol. The molecule has 33 heavy (non-hydrogen) atoms. The molecule has 1 aliphatic carbocycles. The molecule has 2 rings (SSSR count). The molecule has 2 atom stereocenters. The molecule has 0 saturated heterocycles. The molecular weight excluding hydrogens is 404 g/mol. The maximum Gasteiger partial charge on any atom is 0.126 e. The second-order valence-electron chi connectivity index (χ2n) is 10.4. The Kier molecular flexibility index (Phi) is 10.5. The number of aromatic hydroxyl groups is 2. The average molecular weight is 451 g/mol. The molecule has 0 radical (unpaired) electrons. The molecule has 2 N–H and O–H groups in total. The lowest BCUT2D eigenvalue weighted by Gasteiger charge is -2.32. The number of phenols is 2. The Labute approximate surface area is 202 Å². The molecule has 1 aromatic carbocycles. The van der Waals surface area contributed by atoms with Gasteiger partial charge in [0.15, 0.2) is 0 Å². The number of hydrogen-bond donors (Lipinski definition) is 2. The van der Waals surface area contributed by atoms with E-state index in [1.807, 2.05) is 6.07 Å². The zero-order chi connectivity index (χ0) is 24.5. The first-order chi connectivity index (χ1) is 15.6. The van der Waals surface area contributed by atoms with E-state index in [1.165, 1.54) is 16.7 Å². The summed E-state index contributed by atoms with van der Waals surface area (Å²) in [5.74, 6) is 0.735. The van der Waals surface area contributed by atoms with Crippen LogP contribution >= 0.6 is 0 Å². The molecule has 1 aliphatic rings. The number of benzene rings is 1. The van der Waals surface area contributed by atoms with Crippen LogP contribution in [-0.4, -0.2) is 10.2 Å². The van der Waals surface area contributed by atoms with Crippen LogP contribution in [-0.2, 0) is 12.8 Å². The molecule has 0 spiro atoms. The smallest absolute Gasteiger partial charge is 0.126 e. The maximum absolute atomic E-state index is 11.5. The third-order valence-corrected chi connectivity index (χ3v) is 7.02. The molecule has 0 saturated carbocycles. The van der Waals surface area contributed by atoms with Gasteiger partial charge < -0.3 is 10.2 Å². The lowest BCUT2D eigenvalue weighted by molar-refractivity contribution is 0.403. The lowest BCUT2D eigenvalue weighted by Crippen LogP contribution is -2.17. The summed E-state index contributed by atoms with van der Waals surface area (Å²) in [4.78, 5) is 0. The Morgan fingerprint density at radius 2 is 1.85 bits per heavy atom. The summed E-state index contributed by atoms with van der Waals surface area (Å²) in [6, 6.07) is 1.93. The molecule has 0 aromatic heterocycles. The molecule has 1 aromatic rings. The van der Waals surface area contributed by atoms with Crippen LogP contribution in [0.3, 0.4) is 0 Å². The molecule has 2 nitrogen and oxygen atoms in total. The second-order valence-corrected chi connectivity index (χ2v) is 10.4. The van der Waals surface area contributed by atoms with Crippen LogP contribution < -0.4 is 0 Å². The van der Waals surface area contributed by atoms with Gasteiger partial charge in [-0.05, 0) is 97.1 Å². The Morgan fingerprint density at radius 1 is 1.12 bits per heavy atom. The molecule has 182 valence electrons. The van der Waals surface area contributed by atoms with Crippen molar-refractivity contribution in [3.05, 3.63) is 69.9 Å². The topological polar surface area (TPSA) is 40.5 Å². The zero-order valence-corrected chi connectivity index (χ0v) is 21.9. The van der Waals surface area contributed by atoms with Gasteiger partial charge in [0.2, 0.25) is 0 Å². The van der Waals surface area contributed by atoms with Crippen LogP contribution in [0.1, 0.15) is 109 Å². The van der Waals surface area contributed by atoms with Crippen LogP contribution in [0.5, 0.6) is 11.5 Å². The number of hydrogen-bond acceptors (Lipinski definition) is 2. The van der Waals surface area contributed by atoms with Gasteiger partial charge in [-0.3, -0.25) is 0 Å². The van der Waals surface area contributed by atoms with Crippen molar-refractivity contribution in [2.75, 3.05) is 0 Å². The van der Waals surface area contributed by atoms with Gasteiger partial charge in [0.05, 0.1) is 0 Å². The number of rotatable bonds is 11. The summed E-state index contributed by atoms with van der Waals surface area (Å²) in [6.07, 6.45) is 15.9. The second kappa shape index (κ2) is 12.9. The van der Waals surface area contributed by atoms with Gasteiger partial charge in [-0.25, -0.2) is 0 Å². The van der Waals surface area contributed by atoms with E-state index in [4.69, 9.17) is 0 Å². The third-order valence-electron chi connectivity index (χ3n) is 7.02. The van der Waals surface area contributed by atoms with Crippen LogP contribution in [0.15, 0.2) is 53.2 Å². The monoisotopic (exact) mass is 450 g/mol. The highest BCUT2D eigenvalue weighted by Gasteiger charge is 2.31. The van der Waals surface area contributed by atoms with Crippen molar-refractivity contribution in [1.82, 2.24) is 0 Å². The highest BCUT2D eigenvalue weighted by molar-refractivity contribution is 5.57. The largest absolute Gasteiger partial charge is 0.507 e. The van der Waals surface area contributed by atoms with E-state index in [1.54, 1.807) is 0 Å². The van der Waals surface area contributed by atoms with Crippen molar-refractivity contribution in [2.45, 2.75) is 105 Å². The van der Waals surface area contributed by atoms with E-state index in [2.05, 4.69) is 66.3 Å². The van der Waals surface area contributed by atoms with Crippen molar-refractivity contribution in [3.8, 4) is 11.5 Å². The Morgan fingerprint density at radius 3 is 2.48 bits per heavy atom. The Balaban J connectivity index is 2.47. The van der Waals surface area contributed by atoms with E-state index >= 15 is 0 Å². The summed E-state index contributed by atoms with van der Waals surface area (Å²) in [5, 5.41) is 22.6. The fraction of sp³-hybridized carbons (Fsp3) is 0.548. The Hall–Kier alpha value is -2.22. The van der Waals surface area contributed by atoms with Crippen LogP contribution in [0, 0.1) is 5.92 Å². The first-order valence-electron chi connectivity index (χ1n) is 12.8. The standard InChI is InChI=1S/C31H46O2/c1-8-9-10-14-25-20-29(32)30(28-19-24(7)16-17-26(28)22(4)5)31(33)27(25)18-15-23(6)13-11-12-21(2)3/h12,15,19-20,26,28,32-33H,4,8-11,13-14,16-18H2,1-3,5-7H3/b23-15+. The van der Waals surface area contributed by atoms with Crippen molar-refractivity contribution < 1.29 is 10.2 Å². The molecular formula is C31H46O2. The quantitative estimate of drug-likeness (QED) is 0.261. The van der Waals surface area contributed by atoms with E-state index in [0.29, 0.717) is 12.0 Å². The molecule has 0 aliphatic heterocycles. The van der Waals surface area contributed by atoms with Crippen LogP contribution in [0.2, 0.25) is 0 Å². The highest BCUT2D eigenvalue weighted by Crippen LogP contribution is 2.48. The average Bonchev–Trinajstić information content (AvgIpc) is 2.73. The van der Waals surface area contributed by atoms with Gasteiger partial charge in [0.25, 0.3) is 0 Å². The number of allylic oxidation sites excluding steroid dienone is 7. The first-order valence-corrected chi connectivity index (χ1v) is 12.8. The fourth-order valence-electron chi connectivity index (χ4n) is 4.98. The van der Waals surface area contributed by atoms with Gasteiger partial charge in [-0.2, -0.15) is 0 Å². The first kappa shape index (κ1) is 27.0. The van der Waals surface area contributed by atoms with Crippen molar-refractivity contribution in [3.63, 3.8) is 0 Å². The lowest BCUT2D eigenvalue weighted by atomic mass is 9.73. The molecule has 0 amide bonds. The molecule has 2 unspecified atom stereocenters. The molecule has 2 heteroatoms. The summed E-state index contributed by atoms with van der Waals surface area (Å²) >= 11 is 0. The minimum absolute atomic E-state index is 0.0255. The van der Waals surface area contributed by atoms with Gasteiger partial charge in [0.1, 0.15) is 11.5 Å². The van der Waals surface area contributed by atoms with Gasteiger partial charge in [-0.1, -0.05) is 66.9 Å². The van der Waals surface area contributed by atoms with E-state index in [0.717, 1.165) is 68.1 Å². The summed E-state index contributed by atoms with van der Waals surface area (Å²) in [5.41, 5.74) is 7.88.